The number of fused-ring (bicyclic) bond motifs is 1. The van der Waals surface area contributed by atoms with Crippen LogP contribution in [0.5, 0.6) is 5.75 Å². The quantitative estimate of drug-likeness (QED) is 0.610. The molecule has 3 rings (SSSR count). The molecule has 0 radical (unpaired) electrons. The van der Waals surface area contributed by atoms with E-state index in [4.69, 9.17) is 4.74 Å². The van der Waals surface area contributed by atoms with Gasteiger partial charge in [0, 0.05) is 10.0 Å². The number of methoxy groups -OCH3 is 1. The molecule has 0 heterocycles. The van der Waals surface area contributed by atoms with Gasteiger partial charge in [-0.1, -0.05) is 40.2 Å². The minimum atomic E-state index is -0.753. The van der Waals surface area contributed by atoms with Crippen molar-refractivity contribution in [2.24, 2.45) is 0 Å². The highest BCUT2D eigenvalue weighted by molar-refractivity contribution is 9.10. The van der Waals surface area contributed by atoms with E-state index in [-0.39, 0.29) is 0 Å². The van der Waals surface area contributed by atoms with Crippen molar-refractivity contribution in [1.82, 2.24) is 5.32 Å². The Labute approximate surface area is 160 Å². The summed E-state index contributed by atoms with van der Waals surface area (Å²) in [6, 6.07) is 10.2. The van der Waals surface area contributed by atoms with Crippen LogP contribution in [0, 0.1) is 0 Å². The van der Waals surface area contributed by atoms with Crippen LogP contribution in [0.2, 0.25) is 0 Å². The molecular weight excluding hydrogens is 400 g/mol. The molecule has 1 aliphatic carbocycles. The van der Waals surface area contributed by atoms with Gasteiger partial charge in [0.15, 0.2) is 0 Å². The Bertz CT molecular complexity index is 825. The molecule has 7 heteroatoms. The molecule has 138 valence electrons. The van der Waals surface area contributed by atoms with Crippen molar-refractivity contribution in [3.8, 4) is 5.75 Å². The first-order valence-corrected chi connectivity index (χ1v) is 9.09. The number of aliphatic hydroxyl groups is 2. The Kier molecular flexibility index (Phi) is 5.50. The second-order valence-electron chi connectivity index (χ2n) is 6.30. The number of urea groups is 1. The summed E-state index contributed by atoms with van der Waals surface area (Å²) in [5.41, 5.74) is 2.86. The van der Waals surface area contributed by atoms with Crippen molar-refractivity contribution in [3.05, 3.63) is 57.6 Å². The maximum Gasteiger partial charge on any atom is 0.319 e. The number of halogens is 1. The number of hydrogen-bond acceptors (Lipinski definition) is 4. The molecule has 0 aliphatic heterocycles. The zero-order chi connectivity index (χ0) is 18.8. The number of anilines is 1. The first-order chi connectivity index (χ1) is 12.4. The van der Waals surface area contributed by atoms with Crippen LogP contribution in [-0.4, -0.2) is 29.4 Å². The summed E-state index contributed by atoms with van der Waals surface area (Å²) in [5.74, 6) is 0.397. The number of nitrogens with one attached hydrogen (secondary N) is 2. The summed E-state index contributed by atoms with van der Waals surface area (Å²) < 4.78 is 6.07. The third kappa shape index (κ3) is 3.70. The average Bonchev–Trinajstić information content (AvgIpc) is 2.90. The highest BCUT2D eigenvalue weighted by Crippen LogP contribution is 2.36. The van der Waals surface area contributed by atoms with Crippen LogP contribution in [0.3, 0.4) is 0 Å². The first kappa shape index (κ1) is 18.7. The molecular formula is C19H21BrN2O4. The number of aliphatic hydroxyl groups excluding tert-OH is 2. The molecule has 0 spiro atoms. The van der Waals surface area contributed by atoms with Gasteiger partial charge in [0.05, 0.1) is 31.0 Å². The Morgan fingerprint density at radius 3 is 2.73 bits per heavy atom. The van der Waals surface area contributed by atoms with Gasteiger partial charge in [0.25, 0.3) is 0 Å². The van der Waals surface area contributed by atoms with Crippen LogP contribution in [0.25, 0.3) is 0 Å². The fourth-order valence-electron chi connectivity index (χ4n) is 3.28. The number of hydrogen-bond donors (Lipinski definition) is 4. The molecule has 2 amide bonds. The number of ether oxygens (including phenoxy) is 1. The Morgan fingerprint density at radius 2 is 2.08 bits per heavy atom. The number of rotatable bonds is 4. The maximum absolute atomic E-state index is 12.5. The van der Waals surface area contributed by atoms with Crippen LogP contribution in [0.4, 0.5) is 10.5 Å². The summed E-state index contributed by atoms with van der Waals surface area (Å²) in [6.07, 6.45) is -0.925. The second-order valence-corrected chi connectivity index (χ2v) is 7.22. The largest absolute Gasteiger partial charge is 0.494 e. The van der Waals surface area contributed by atoms with Crippen LogP contribution in [0.15, 0.2) is 40.9 Å². The smallest absolute Gasteiger partial charge is 0.319 e. The van der Waals surface area contributed by atoms with E-state index in [9.17, 15) is 15.0 Å². The van der Waals surface area contributed by atoms with E-state index in [1.54, 1.807) is 19.1 Å². The minimum Gasteiger partial charge on any atom is -0.494 e. The van der Waals surface area contributed by atoms with Crippen LogP contribution < -0.4 is 15.4 Å². The average molecular weight is 421 g/mol. The lowest BCUT2D eigenvalue weighted by Gasteiger charge is -2.20. The number of carbonyl (C=O) groups is 1. The standard InChI is InChI=1S/C19H21BrN2O4/c1-10(23)14-8-12(20)9-16(18(14)26-2)22-19(25)21-15-7-11-5-3-4-6-13(11)17(15)24/h3-6,8-10,15,17,23-24H,7H2,1-2H3,(H2,21,22,25)/t10-,15-,17+/m1/s1. The van der Waals surface area contributed by atoms with Gasteiger partial charge >= 0.3 is 6.03 Å². The maximum atomic E-state index is 12.5. The molecule has 2 aromatic carbocycles. The predicted octanol–water partition coefficient (Wildman–Crippen LogP) is 3.29. The molecule has 0 bridgehead atoms. The van der Waals surface area contributed by atoms with Crippen molar-refractivity contribution in [3.63, 3.8) is 0 Å². The van der Waals surface area contributed by atoms with Crippen molar-refractivity contribution in [1.29, 1.82) is 0 Å². The number of carbonyl (C=O) groups excluding carboxylic acids is 1. The van der Waals surface area contributed by atoms with Crippen molar-refractivity contribution < 1.29 is 19.7 Å². The Morgan fingerprint density at radius 1 is 1.35 bits per heavy atom. The zero-order valence-electron chi connectivity index (χ0n) is 14.5. The fourth-order valence-corrected chi connectivity index (χ4v) is 3.75. The Balaban J connectivity index is 1.75. The molecule has 0 fully saturated rings. The molecule has 6 nitrogen and oxygen atoms in total. The molecule has 0 unspecified atom stereocenters. The summed E-state index contributed by atoms with van der Waals surface area (Å²) in [6.45, 7) is 1.63. The molecule has 0 saturated heterocycles. The van der Waals surface area contributed by atoms with E-state index in [1.165, 1.54) is 7.11 Å². The molecule has 26 heavy (non-hydrogen) atoms. The van der Waals surface area contributed by atoms with E-state index < -0.39 is 24.3 Å². The number of benzene rings is 2. The van der Waals surface area contributed by atoms with E-state index >= 15 is 0 Å². The fraction of sp³-hybridized carbons (Fsp3) is 0.316. The van der Waals surface area contributed by atoms with Gasteiger partial charge in [-0.3, -0.25) is 0 Å². The first-order valence-electron chi connectivity index (χ1n) is 8.29. The van der Waals surface area contributed by atoms with Gasteiger partial charge < -0.3 is 25.6 Å². The predicted molar refractivity (Wildman–Crippen MR) is 102 cm³/mol. The summed E-state index contributed by atoms with van der Waals surface area (Å²) in [5, 5.41) is 25.9. The zero-order valence-corrected chi connectivity index (χ0v) is 16.1. The van der Waals surface area contributed by atoms with Crippen LogP contribution in [0.1, 0.15) is 35.8 Å². The SMILES string of the molecule is COc1c(NC(=O)N[C@@H]2Cc3ccccc3[C@@H]2O)cc(Br)cc1[C@@H](C)O. The van der Waals surface area contributed by atoms with E-state index in [1.807, 2.05) is 24.3 Å². The number of amides is 2. The van der Waals surface area contributed by atoms with Crippen molar-refractivity contribution >= 4 is 27.6 Å². The van der Waals surface area contributed by atoms with Gasteiger partial charge in [0.2, 0.25) is 0 Å². The van der Waals surface area contributed by atoms with Gasteiger partial charge in [-0.05, 0) is 36.6 Å². The van der Waals surface area contributed by atoms with Crippen LogP contribution in [-0.2, 0) is 6.42 Å². The monoisotopic (exact) mass is 420 g/mol. The van der Waals surface area contributed by atoms with Gasteiger partial charge in [-0.15, -0.1) is 0 Å². The van der Waals surface area contributed by atoms with Gasteiger partial charge in [-0.2, -0.15) is 0 Å². The molecule has 0 saturated carbocycles. The van der Waals surface area contributed by atoms with Gasteiger partial charge in [0.1, 0.15) is 5.75 Å². The van der Waals surface area contributed by atoms with Crippen molar-refractivity contribution in [2.45, 2.75) is 31.6 Å². The van der Waals surface area contributed by atoms with E-state index in [0.29, 0.717) is 27.9 Å². The molecule has 2 aromatic rings. The summed E-state index contributed by atoms with van der Waals surface area (Å²) in [7, 11) is 1.48. The summed E-state index contributed by atoms with van der Waals surface area (Å²) >= 11 is 3.37. The Hall–Kier alpha value is -2.09. The normalized spacial score (nSPS) is 19.6. The topological polar surface area (TPSA) is 90.8 Å². The van der Waals surface area contributed by atoms with E-state index in [0.717, 1.165) is 11.1 Å². The third-order valence-corrected chi connectivity index (χ3v) is 4.95. The molecule has 3 atom stereocenters. The third-order valence-electron chi connectivity index (χ3n) is 4.50. The lowest BCUT2D eigenvalue weighted by molar-refractivity contribution is 0.145. The second kappa shape index (κ2) is 7.65. The highest BCUT2D eigenvalue weighted by Gasteiger charge is 2.31. The van der Waals surface area contributed by atoms with Crippen LogP contribution >= 0.6 is 15.9 Å². The molecule has 1 aliphatic rings. The summed E-state index contributed by atoms with van der Waals surface area (Å²) in [4.78, 5) is 12.5. The van der Waals surface area contributed by atoms with E-state index in [2.05, 4.69) is 26.6 Å². The molecule has 4 N–H and O–H groups in total. The van der Waals surface area contributed by atoms with Crippen molar-refractivity contribution in [2.75, 3.05) is 12.4 Å². The lowest BCUT2D eigenvalue weighted by Crippen LogP contribution is -2.40. The lowest BCUT2D eigenvalue weighted by atomic mass is 10.1. The highest BCUT2D eigenvalue weighted by atomic mass is 79.9. The van der Waals surface area contributed by atoms with Gasteiger partial charge in [-0.25, -0.2) is 4.79 Å². The minimum absolute atomic E-state index is 0.397. The molecule has 0 aromatic heterocycles.